The Morgan fingerprint density at radius 1 is 1.32 bits per heavy atom. The molecule has 0 aromatic carbocycles. The first-order valence-electron chi connectivity index (χ1n) is 6.32. The van der Waals surface area contributed by atoms with Crippen molar-refractivity contribution in [2.45, 2.75) is 31.7 Å². The maximum Gasteiger partial charge on any atom is 0.220 e. The molecule has 1 fully saturated rings. The lowest BCUT2D eigenvalue weighted by Crippen LogP contribution is -2.32. The van der Waals surface area contributed by atoms with Crippen LogP contribution in [0.15, 0.2) is 12.4 Å². The minimum absolute atomic E-state index is 0.0139. The van der Waals surface area contributed by atoms with Gasteiger partial charge in [0.2, 0.25) is 5.91 Å². The number of aromatic nitrogens is 5. The van der Waals surface area contributed by atoms with Gasteiger partial charge in [-0.2, -0.15) is 4.52 Å². The molecule has 3 N–H and O–H groups in total. The van der Waals surface area contributed by atoms with Gasteiger partial charge in [0.15, 0.2) is 11.5 Å². The average Bonchev–Trinajstić information content (AvgIpc) is 2.89. The van der Waals surface area contributed by atoms with E-state index in [1.165, 1.54) is 0 Å². The number of nitrogens with two attached hydrogens (primary N) is 1. The molecule has 1 saturated carbocycles. The number of carbonyl (C=O) groups excluding carboxylic acids is 1. The zero-order chi connectivity index (χ0) is 13.2. The van der Waals surface area contributed by atoms with E-state index in [9.17, 15) is 4.79 Å². The van der Waals surface area contributed by atoms with E-state index in [1.807, 2.05) is 0 Å². The minimum Gasteiger partial charge on any atom is -0.369 e. The summed E-state index contributed by atoms with van der Waals surface area (Å²) in [5.41, 5.74) is 5.93. The number of anilines is 1. The molecule has 0 atom stereocenters. The van der Waals surface area contributed by atoms with E-state index in [-0.39, 0.29) is 11.8 Å². The van der Waals surface area contributed by atoms with Gasteiger partial charge < -0.3 is 11.1 Å². The SMILES string of the molecule is NC(=O)C1CCC(Nc2cncc3nnnn23)CC1. The third kappa shape index (κ3) is 2.33. The molecule has 0 bridgehead atoms. The Balaban J connectivity index is 1.69. The predicted molar refractivity (Wildman–Crippen MR) is 67.1 cm³/mol. The Bertz CT molecular complexity index is 587. The molecule has 0 radical (unpaired) electrons. The highest BCUT2D eigenvalue weighted by Crippen LogP contribution is 2.26. The molecular formula is C11H15N7O. The third-order valence-electron chi connectivity index (χ3n) is 3.59. The van der Waals surface area contributed by atoms with Crippen molar-refractivity contribution in [3.05, 3.63) is 12.4 Å². The molecule has 0 unspecified atom stereocenters. The van der Waals surface area contributed by atoms with Gasteiger partial charge in [0.25, 0.3) is 0 Å². The van der Waals surface area contributed by atoms with Crippen LogP contribution in [0.25, 0.3) is 5.65 Å². The normalized spacial score (nSPS) is 23.4. The molecule has 0 saturated heterocycles. The van der Waals surface area contributed by atoms with Crippen LogP contribution in [-0.4, -0.2) is 37.0 Å². The fourth-order valence-corrected chi connectivity index (χ4v) is 2.51. The van der Waals surface area contributed by atoms with E-state index in [0.29, 0.717) is 11.7 Å². The second-order valence-corrected chi connectivity index (χ2v) is 4.84. The standard InChI is InChI=1S/C11H15N7O/c12-11(19)7-1-3-8(4-2-7)14-9-5-13-6-10-15-16-17-18(9)10/h5-8,14H,1-4H2,(H2,12,19). The molecule has 8 nitrogen and oxygen atoms in total. The van der Waals surface area contributed by atoms with Crippen LogP contribution in [0.5, 0.6) is 0 Å². The molecule has 1 aliphatic rings. The molecule has 0 aliphatic heterocycles. The second-order valence-electron chi connectivity index (χ2n) is 4.84. The number of hydrogen-bond donors (Lipinski definition) is 2. The quantitative estimate of drug-likeness (QED) is 0.803. The number of nitrogens with zero attached hydrogens (tertiary/aromatic N) is 5. The number of primary amides is 1. The number of rotatable bonds is 3. The van der Waals surface area contributed by atoms with Gasteiger partial charge >= 0.3 is 0 Å². The van der Waals surface area contributed by atoms with Crippen LogP contribution in [0.1, 0.15) is 25.7 Å². The van der Waals surface area contributed by atoms with Gasteiger partial charge in [-0.1, -0.05) is 0 Å². The van der Waals surface area contributed by atoms with Crippen molar-refractivity contribution >= 4 is 17.4 Å². The summed E-state index contributed by atoms with van der Waals surface area (Å²) in [6.45, 7) is 0. The first-order valence-corrected chi connectivity index (χ1v) is 6.32. The summed E-state index contributed by atoms with van der Waals surface area (Å²) in [7, 11) is 0. The molecule has 8 heteroatoms. The topological polar surface area (TPSA) is 111 Å². The summed E-state index contributed by atoms with van der Waals surface area (Å²) < 4.78 is 1.62. The van der Waals surface area contributed by atoms with Crippen LogP contribution >= 0.6 is 0 Å². The summed E-state index contributed by atoms with van der Waals surface area (Å²) in [5.74, 6) is 0.590. The third-order valence-corrected chi connectivity index (χ3v) is 3.59. The molecule has 1 amide bonds. The van der Waals surface area contributed by atoms with Gasteiger partial charge in [0.1, 0.15) is 0 Å². The number of carbonyl (C=O) groups is 1. The molecule has 3 rings (SSSR count). The van der Waals surface area contributed by atoms with Gasteiger partial charge in [-0.05, 0) is 36.1 Å². The van der Waals surface area contributed by atoms with Crippen molar-refractivity contribution in [3.63, 3.8) is 0 Å². The lowest BCUT2D eigenvalue weighted by molar-refractivity contribution is -0.122. The zero-order valence-corrected chi connectivity index (χ0v) is 10.4. The van der Waals surface area contributed by atoms with Crippen molar-refractivity contribution in [1.82, 2.24) is 25.0 Å². The van der Waals surface area contributed by atoms with Crippen LogP contribution in [0, 0.1) is 5.92 Å². The summed E-state index contributed by atoms with van der Waals surface area (Å²) in [4.78, 5) is 15.2. The first kappa shape index (κ1) is 11.8. The van der Waals surface area contributed by atoms with Crippen LogP contribution in [0.2, 0.25) is 0 Å². The average molecular weight is 261 g/mol. The van der Waals surface area contributed by atoms with Crippen LogP contribution in [0.3, 0.4) is 0 Å². The second kappa shape index (κ2) is 4.79. The highest BCUT2D eigenvalue weighted by Gasteiger charge is 2.25. The van der Waals surface area contributed by atoms with E-state index >= 15 is 0 Å². The van der Waals surface area contributed by atoms with Gasteiger partial charge in [-0.25, -0.2) is 0 Å². The molecule has 2 aromatic heterocycles. The maximum atomic E-state index is 11.1. The Kier molecular flexibility index (Phi) is 2.98. The highest BCUT2D eigenvalue weighted by molar-refractivity contribution is 5.76. The van der Waals surface area contributed by atoms with Crippen LogP contribution < -0.4 is 11.1 Å². The number of tetrazole rings is 1. The van der Waals surface area contributed by atoms with Crippen molar-refractivity contribution < 1.29 is 4.79 Å². The van der Waals surface area contributed by atoms with Gasteiger partial charge in [0.05, 0.1) is 12.4 Å². The van der Waals surface area contributed by atoms with Crippen molar-refractivity contribution in [2.24, 2.45) is 11.7 Å². The van der Waals surface area contributed by atoms with Crippen LogP contribution in [-0.2, 0) is 4.79 Å². The lowest BCUT2D eigenvalue weighted by Gasteiger charge is -2.27. The van der Waals surface area contributed by atoms with E-state index in [0.717, 1.165) is 31.5 Å². The molecule has 19 heavy (non-hydrogen) atoms. The van der Waals surface area contributed by atoms with Crippen molar-refractivity contribution in [3.8, 4) is 0 Å². The number of fused-ring (bicyclic) bond motifs is 1. The minimum atomic E-state index is -0.192. The van der Waals surface area contributed by atoms with E-state index in [1.54, 1.807) is 16.9 Å². The zero-order valence-electron chi connectivity index (χ0n) is 10.4. The van der Waals surface area contributed by atoms with E-state index in [2.05, 4.69) is 25.8 Å². The fraction of sp³-hybridized carbons (Fsp3) is 0.545. The molecule has 1 aliphatic carbocycles. The smallest absolute Gasteiger partial charge is 0.220 e. The van der Waals surface area contributed by atoms with E-state index < -0.39 is 0 Å². The summed E-state index contributed by atoms with van der Waals surface area (Å²) >= 11 is 0. The number of hydrogen-bond acceptors (Lipinski definition) is 6. The Hall–Kier alpha value is -2.25. The Labute approximate surface area is 109 Å². The van der Waals surface area contributed by atoms with Crippen molar-refractivity contribution in [1.29, 1.82) is 0 Å². The largest absolute Gasteiger partial charge is 0.369 e. The summed E-state index contributed by atoms with van der Waals surface area (Å²) in [5, 5.41) is 14.7. The summed E-state index contributed by atoms with van der Waals surface area (Å²) in [6.07, 6.45) is 6.77. The summed E-state index contributed by atoms with van der Waals surface area (Å²) in [6, 6.07) is 0.298. The van der Waals surface area contributed by atoms with Gasteiger partial charge in [0, 0.05) is 12.0 Å². The van der Waals surface area contributed by atoms with Crippen molar-refractivity contribution in [2.75, 3.05) is 5.32 Å². The first-order chi connectivity index (χ1) is 9.24. The number of nitrogens with one attached hydrogen (secondary N) is 1. The molecule has 100 valence electrons. The lowest BCUT2D eigenvalue weighted by atomic mass is 9.85. The highest BCUT2D eigenvalue weighted by atomic mass is 16.1. The molecular weight excluding hydrogens is 246 g/mol. The number of amides is 1. The van der Waals surface area contributed by atoms with Gasteiger partial charge in [-0.3, -0.25) is 9.78 Å². The van der Waals surface area contributed by atoms with Gasteiger partial charge in [-0.15, -0.1) is 5.10 Å². The molecule has 2 aromatic rings. The van der Waals surface area contributed by atoms with E-state index in [4.69, 9.17) is 5.73 Å². The Morgan fingerprint density at radius 2 is 2.11 bits per heavy atom. The fourth-order valence-electron chi connectivity index (χ4n) is 2.51. The van der Waals surface area contributed by atoms with Crippen LogP contribution in [0.4, 0.5) is 5.82 Å². The Morgan fingerprint density at radius 3 is 2.84 bits per heavy atom. The predicted octanol–water partition coefficient (Wildman–Crippen LogP) is -0.0247. The molecule has 0 spiro atoms. The monoisotopic (exact) mass is 261 g/mol. The maximum absolute atomic E-state index is 11.1. The molecule has 2 heterocycles.